The smallest absolute Gasteiger partial charge is 0.187 e. The number of hydrogen-bond donors (Lipinski definition) is 0. The Morgan fingerprint density at radius 1 is 0.371 bits per heavy atom. The van der Waals surface area contributed by atoms with Gasteiger partial charge in [0.2, 0.25) is 0 Å². The van der Waals surface area contributed by atoms with E-state index in [1.165, 1.54) is 232 Å². The van der Waals surface area contributed by atoms with Crippen molar-refractivity contribution in [2.24, 2.45) is 11.8 Å². The average molecular weight is 859 g/mol. The summed E-state index contributed by atoms with van der Waals surface area (Å²) in [5, 5.41) is 0. The SMILES string of the molecule is CCCCCCCCC=CCCCCCCCCN(CCCCN(CCCCCCCCC=CCCCCCCCC)CC(C)C[n+]1ccncc1)CC(C)C[n+]1ccncc1. The fraction of sp³-hybridized carbons (Fsp3) is 0.786. The van der Waals surface area contributed by atoms with Gasteiger partial charge in [0.25, 0.3) is 0 Å². The number of allylic oxidation sites excluding steroid dienone is 4. The molecule has 0 aromatic carbocycles. The second kappa shape index (κ2) is 42.5. The third-order valence-corrected chi connectivity index (χ3v) is 12.7. The summed E-state index contributed by atoms with van der Waals surface area (Å²) in [6.45, 7) is 18.9. The molecule has 0 aliphatic heterocycles. The first kappa shape index (κ1) is 55.7. The van der Waals surface area contributed by atoms with Crippen LogP contribution in [0.25, 0.3) is 0 Å². The van der Waals surface area contributed by atoms with Gasteiger partial charge < -0.3 is 9.80 Å². The Morgan fingerprint density at radius 3 is 0.935 bits per heavy atom. The summed E-state index contributed by atoms with van der Waals surface area (Å²) in [4.78, 5) is 14.1. The molecule has 0 aliphatic carbocycles. The molecule has 2 rings (SSSR count). The molecule has 2 aromatic rings. The number of rotatable bonds is 45. The minimum absolute atomic E-state index is 0.617. The summed E-state index contributed by atoms with van der Waals surface area (Å²) in [5.41, 5.74) is 0. The topological polar surface area (TPSA) is 40.0 Å². The first-order valence-corrected chi connectivity index (χ1v) is 26.9. The molecule has 2 heterocycles. The number of nitrogens with zero attached hydrogens (tertiary/aromatic N) is 6. The number of aromatic nitrogens is 4. The molecule has 6 nitrogen and oxygen atoms in total. The van der Waals surface area contributed by atoms with E-state index in [9.17, 15) is 0 Å². The van der Waals surface area contributed by atoms with Gasteiger partial charge in [-0.2, -0.15) is 0 Å². The van der Waals surface area contributed by atoms with Crippen molar-refractivity contribution >= 4 is 0 Å². The molecule has 2 unspecified atom stereocenters. The third kappa shape index (κ3) is 35.0. The maximum Gasteiger partial charge on any atom is 0.187 e. The second-order valence-corrected chi connectivity index (χ2v) is 19.3. The Balaban J connectivity index is 1.72. The van der Waals surface area contributed by atoms with Crippen LogP contribution in [0.3, 0.4) is 0 Å². The van der Waals surface area contributed by atoms with Crippen LogP contribution in [-0.4, -0.2) is 59.0 Å². The maximum absolute atomic E-state index is 4.24. The molecule has 0 radical (unpaired) electrons. The summed E-state index contributed by atoms with van der Waals surface area (Å²) in [6.07, 6.45) is 66.9. The molecule has 0 saturated carbocycles. The van der Waals surface area contributed by atoms with Gasteiger partial charge in [0.15, 0.2) is 37.9 Å². The minimum atomic E-state index is 0.617. The van der Waals surface area contributed by atoms with Crippen molar-refractivity contribution in [3.8, 4) is 0 Å². The van der Waals surface area contributed by atoms with E-state index in [0.717, 1.165) is 13.1 Å². The Kier molecular flexibility index (Phi) is 38.2. The van der Waals surface area contributed by atoms with E-state index >= 15 is 0 Å². The summed E-state index contributed by atoms with van der Waals surface area (Å²) in [7, 11) is 0. The van der Waals surface area contributed by atoms with Crippen molar-refractivity contribution in [3.05, 3.63) is 73.9 Å². The molecular weight excluding hydrogens is 757 g/mol. The predicted octanol–water partition coefficient (Wildman–Crippen LogP) is 14.5. The number of unbranched alkanes of at least 4 members (excludes halogenated alkanes) is 25. The minimum Gasteiger partial charge on any atom is -0.303 e. The normalized spacial score (nSPS) is 13.1. The molecule has 2 aromatic heterocycles. The average Bonchev–Trinajstić information content (AvgIpc) is 3.27. The predicted molar refractivity (Wildman–Crippen MR) is 268 cm³/mol. The van der Waals surface area contributed by atoms with Crippen LogP contribution in [0.4, 0.5) is 0 Å². The van der Waals surface area contributed by atoms with E-state index in [4.69, 9.17) is 0 Å². The summed E-state index contributed by atoms with van der Waals surface area (Å²) < 4.78 is 4.61. The zero-order valence-corrected chi connectivity index (χ0v) is 41.6. The maximum atomic E-state index is 4.24. The van der Waals surface area contributed by atoms with Crippen LogP contribution in [0.2, 0.25) is 0 Å². The van der Waals surface area contributed by atoms with E-state index in [1.807, 2.05) is 24.8 Å². The largest absolute Gasteiger partial charge is 0.303 e. The van der Waals surface area contributed by atoms with Crippen LogP contribution >= 0.6 is 0 Å². The van der Waals surface area contributed by atoms with E-state index in [-0.39, 0.29) is 0 Å². The van der Waals surface area contributed by atoms with Gasteiger partial charge >= 0.3 is 0 Å². The first-order valence-electron chi connectivity index (χ1n) is 26.9. The van der Waals surface area contributed by atoms with Crippen LogP contribution in [-0.2, 0) is 13.1 Å². The van der Waals surface area contributed by atoms with Gasteiger partial charge in [0, 0.05) is 24.9 Å². The molecule has 2 atom stereocenters. The lowest BCUT2D eigenvalue weighted by molar-refractivity contribution is -0.703. The van der Waals surface area contributed by atoms with Gasteiger partial charge in [-0.1, -0.05) is 168 Å². The Labute approximate surface area is 385 Å². The van der Waals surface area contributed by atoms with Crippen LogP contribution in [0.1, 0.15) is 220 Å². The molecule has 0 spiro atoms. The Morgan fingerprint density at radius 2 is 0.629 bits per heavy atom. The van der Waals surface area contributed by atoms with Gasteiger partial charge in [-0.05, 0) is 103 Å². The van der Waals surface area contributed by atoms with Crippen LogP contribution < -0.4 is 9.13 Å². The third-order valence-electron chi connectivity index (χ3n) is 12.7. The highest BCUT2D eigenvalue weighted by atomic mass is 15.1. The van der Waals surface area contributed by atoms with Crippen LogP contribution in [0.5, 0.6) is 0 Å². The van der Waals surface area contributed by atoms with Crippen molar-refractivity contribution in [1.82, 2.24) is 19.8 Å². The second-order valence-electron chi connectivity index (χ2n) is 19.3. The molecule has 0 fully saturated rings. The molecule has 0 aliphatic rings. The van der Waals surface area contributed by atoms with Crippen molar-refractivity contribution < 1.29 is 9.13 Å². The molecule has 0 bridgehead atoms. The van der Waals surface area contributed by atoms with Gasteiger partial charge in [0.05, 0.1) is 24.8 Å². The quantitative estimate of drug-likeness (QED) is 0.0378. The van der Waals surface area contributed by atoms with Gasteiger partial charge in [-0.3, -0.25) is 9.97 Å². The van der Waals surface area contributed by atoms with Gasteiger partial charge in [-0.25, -0.2) is 9.13 Å². The van der Waals surface area contributed by atoms with Crippen molar-refractivity contribution in [2.45, 2.75) is 233 Å². The van der Waals surface area contributed by atoms with E-state index < -0.39 is 0 Å². The summed E-state index contributed by atoms with van der Waals surface area (Å²) in [6, 6.07) is 0. The number of hydrogen-bond acceptors (Lipinski definition) is 4. The highest BCUT2D eigenvalue weighted by Gasteiger charge is 2.17. The molecular formula is C56H102N6+2. The lowest BCUT2D eigenvalue weighted by Crippen LogP contribution is -2.41. The molecule has 62 heavy (non-hydrogen) atoms. The molecule has 0 N–H and O–H groups in total. The van der Waals surface area contributed by atoms with Crippen molar-refractivity contribution in [3.63, 3.8) is 0 Å². The van der Waals surface area contributed by atoms with Crippen molar-refractivity contribution in [2.75, 3.05) is 39.3 Å². The first-order chi connectivity index (χ1) is 30.6. The molecule has 354 valence electrons. The highest BCUT2D eigenvalue weighted by Crippen LogP contribution is 2.14. The van der Waals surface area contributed by atoms with E-state index in [2.05, 4.69) is 106 Å². The lowest BCUT2D eigenvalue weighted by Gasteiger charge is -2.27. The molecule has 6 heteroatoms. The van der Waals surface area contributed by atoms with Crippen LogP contribution in [0.15, 0.2) is 73.9 Å². The fourth-order valence-corrected chi connectivity index (χ4v) is 9.08. The fourth-order valence-electron chi connectivity index (χ4n) is 9.08. The molecule has 0 saturated heterocycles. The summed E-state index contributed by atoms with van der Waals surface area (Å²) in [5.74, 6) is 1.23. The Hall–Kier alpha value is -2.44. The van der Waals surface area contributed by atoms with Crippen LogP contribution in [0, 0.1) is 11.8 Å². The van der Waals surface area contributed by atoms with E-state index in [0.29, 0.717) is 11.8 Å². The summed E-state index contributed by atoms with van der Waals surface area (Å²) >= 11 is 0. The van der Waals surface area contributed by atoms with Crippen molar-refractivity contribution in [1.29, 1.82) is 0 Å². The van der Waals surface area contributed by atoms with E-state index in [1.54, 1.807) is 0 Å². The van der Waals surface area contributed by atoms with Gasteiger partial charge in [0.1, 0.15) is 0 Å². The lowest BCUT2D eigenvalue weighted by atomic mass is 10.1. The highest BCUT2D eigenvalue weighted by molar-refractivity contribution is 4.82. The zero-order valence-electron chi connectivity index (χ0n) is 41.6. The monoisotopic (exact) mass is 859 g/mol. The van der Waals surface area contributed by atoms with Gasteiger partial charge in [-0.15, -0.1) is 0 Å². The standard InChI is InChI=1S/C56H102N6/c1-5-7-9-11-13-15-17-19-21-23-25-27-29-31-33-35-43-59(51-55(3)53-61-47-39-57-40-48-61)45-37-38-46-60(52-56(4)54-62-49-41-58-42-50-62)44-36-34-32-30-28-26-24-22-20-18-16-14-12-10-8-6-2/h19-22,39-42,47-50,55-56H,5-18,23-38,43-46,51-54H2,1-4H3/q+2. The molecule has 0 amide bonds. The zero-order chi connectivity index (χ0) is 44.2. The Bertz CT molecular complexity index is 1150.